The topological polar surface area (TPSA) is 87.0 Å². The highest BCUT2D eigenvalue weighted by atomic mass is 35.5. The first-order chi connectivity index (χ1) is 11.6. The zero-order chi connectivity index (χ0) is 17.1. The highest BCUT2D eigenvalue weighted by molar-refractivity contribution is 6.32. The summed E-state index contributed by atoms with van der Waals surface area (Å²) < 4.78 is 5.47. The number of rotatable bonds is 5. The second kappa shape index (κ2) is 7.13. The molecule has 4 N–H and O–H groups in total. The summed E-state index contributed by atoms with van der Waals surface area (Å²) in [6, 6.07) is 12.9. The molecular weight excluding hydrogens is 324 g/mol. The van der Waals surface area contributed by atoms with Crippen LogP contribution in [0.5, 0.6) is 5.75 Å². The maximum Gasteiger partial charge on any atom is 0.142 e. The van der Waals surface area contributed by atoms with Crippen molar-refractivity contribution in [3.63, 3.8) is 0 Å². The van der Waals surface area contributed by atoms with E-state index in [2.05, 4.69) is 9.97 Å². The molecule has 5 nitrogen and oxygen atoms in total. The average Bonchev–Trinajstić information content (AvgIpc) is 2.62. The fraction of sp³-hybridized carbons (Fsp3) is 0.222. The van der Waals surface area contributed by atoms with Crippen LogP contribution in [0.4, 0.5) is 0 Å². The molecule has 0 amide bonds. The monoisotopic (exact) mass is 342 g/mol. The fourth-order valence-electron chi connectivity index (χ4n) is 2.62. The Balaban J connectivity index is 2.08. The van der Waals surface area contributed by atoms with Gasteiger partial charge in [0.25, 0.3) is 0 Å². The molecule has 1 unspecified atom stereocenters. The van der Waals surface area contributed by atoms with Crippen molar-refractivity contribution in [3.8, 4) is 5.75 Å². The Morgan fingerprint density at radius 3 is 2.67 bits per heavy atom. The Kier molecular flexibility index (Phi) is 4.94. The summed E-state index contributed by atoms with van der Waals surface area (Å²) in [5, 5.41) is 1.44. The van der Waals surface area contributed by atoms with E-state index in [4.69, 9.17) is 27.8 Å². The van der Waals surface area contributed by atoms with Crippen LogP contribution in [0.25, 0.3) is 10.9 Å². The highest BCUT2D eigenvalue weighted by Gasteiger charge is 2.17. The third kappa shape index (κ3) is 3.19. The molecule has 0 aliphatic carbocycles. The molecule has 0 spiro atoms. The molecule has 2 aromatic carbocycles. The molecule has 3 rings (SSSR count). The molecule has 0 radical (unpaired) electrons. The van der Waals surface area contributed by atoms with E-state index >= 15 is 0 Å². The lowest BCUT2D eigenvalue weighted by molar-refractivity contribution is 0.340. The van der Waals surface area contributed by atoms with E-state index in [0.717, 1.165) is 22.2 Å². The van der Waals surface area contributed by atoms with E-state index in [1.165, 1.54) is 0 Å². The molecule has 6 heteroatoms. The van der Waals surface area contributed by atoms with E-state index in [1.807, 2.05) is 49.4 Å². The number of benzene rings is 2. The van der Waals surface area contributed by atoms with Gasteiger partial charge in [-0.2, -0.15) is 0 Å². The van der Waals surface area contributed by atoms with Crippen LogP contribution in [0, 0.1) is 0 Å². The Morgan fingerprint density at radius 1 is 1.17 bits per heavy atom. The third-order valence-corrected chi connectivity index (χ3v) is 4.07. The first-order valence-electron chi connectivity index (χ1n) is 7.77. The van der Waals surface area contributed by atoms with Crippen molar-refractivity contribution >= 4 is 22.5 Å². The number of fused-ring (bicyclic) bond motifs is 1. The van der Waals surface area contributed by atoms with Crippen LogP contribution in [0.15, 0.2) is 42.5 Å². The van der Waals surface area contributed by atoms with Crippen LogP contribution >= 0.6 is 11.6 Å². The van der Waals surface area contributed by atoms with Crippen LogP contribution in [0.1, 0.15) is 30.0 Å². The third-order valence-electron chi connectivity index (χ3n) is 3.77. The second-order valence-electron chi connectivity index (χ2n) is 5.35. The molecule has 0 saturated carbocycles. The predicted molar refractivity (Wildman–Crippen MR) is 96.1 cm³/mol. The minimum absolute atomic E-state index is 0.259. The molecule has 1 atom stereocenters. The molecule has 1 heterocycles. The number of ether oxygens (including phenoxy) is 1. The van der Waals surface area contributed by atoms with Crippen LogP contribution in [0.2, 0.25) is 5.02 Å². The van der Waals surface area contributed by atoms with Gasteiger partial charge in [0.2, 0.25) is 0 Å². The molecule has 124 valence electrons. The smallest absolute Gasteiger partial charge is 0.142 e. The summed E-state index contributed by atoms with van der Waals surface area (Å²) >= 11 is 6.28. The summed E-state index contributed by atoms with van der Waals surface area (Å²) in [5.74, 6) is 1.21. The van der Waals surface area contributed by atoms with Crippen molar-refractivity contribution in [1.29, 1.82) is 0 Å². The molecule has 3 aromatic rings. The standard InChI is InChI=1S/C18H19ClN4O/c1-2-24-15-8-7-11(9-13(15)19)17(21)18-12-5-3-4-6-14(12)22-16(10-20)23-18/h3-9,17H,2,10,20-21H2,1H3. The molecule has 0 aliphatic heterocycles. The normalized spacial score (nSPS) is 12.3. The van der Waals surface area contributed by atoms with Crippen molar-refractivity contribution < 1.29 is 4.74 Å². The van der Waals surface area contributed by atoms with E-state index in [-0.39, 0.29) is 6.54 Å². The zero-order valence-corrected chi connectivity index (χ0v) is 14.1. The van der Waals surface area contributed by atoms with Crippen molar-refractivity contribution in [1.82, 2.24) is 9.97 Å². The van der Waals surface area contributed by atoms with Gasteiger partial charge in [0, 0.05) is 5.39 Å². The van der Waals surface area contributed by atoms with E-state index < -0.39 is 6.04 Å². The second-order valence-corrected chi connectivity index (χ2v) is 5.75. The van der Waals surface area contributed by atoms with Crippen molar-refractivity contribution in [2.75, 3.05) is 6.61 Å². The minimum atomic E-state index is -0.434. The number of nitrogens with zero attached hydrogens (tertiary/aromatic N) is 2. The number of hydrogen-bond acceptors (Lipinski definition) is 5. The Morgan fingerprint density at radius 2 is 1.96 bits per heavy atom. The zero-order valence-electron chi connectivity index (χ0n) is 13.4. The van der Waals surface area contributed by atoms with Crippen LogP contribution in [-0.4, -0.2) is 16.6 Å². The molecule has 1 aromatic heterocycles. The van der Waals surface area contributed by atoms with Gasteiger partial charge in [0.1, 0.15) is 11.6 Å². The Hall–Kier alpha value is -2.21. The maximum absolute atomic E-state index is 6.47. The summed E-state index contributed by atoms with van der Waals surface area (Å²) in [6.45, 7) is 2.73. The van der Waals surface area contributed by atoms with Gasteiger partial charge in [-0.3, -0.25) is 0 Å². The van der Waals surface area contributed by atoms with Gasteiger partial charge in [0.05, 0.1) is 35.4 Å². The SMILES string of the molecule is CCOc1ccc(C(N)c2nc(CN)nc3ccccc23)cc1Cl. The van der Waals surface area contributed by atoms with E-state index in [9.17, 15) is 0 Å². The quantitative estimate of drug-likeness (QED) is 0.743. The van der Waals surface area contributed by atoms with Crippen molar-refractivity contribution in [3.05, 3.63) is 64.6 Å². The predicted octanol–water partition coefficient (Wildman–Crippen LogP) is 3.19. The maximum atomic E-state index is 6.47. The lowest BCUT2D eigenvalue weighted by atomic mass is 10.0. The summed E-state index contributed by atoms with van der Waals surface area (Å²) in [5.41, 5.74) is 14.6. The van der Waals surface area contributed by atoms with E-state index in [1.54, 1.807) is 0 Å². The van der Waals surface area contributed by atoms with Gasteiger partial charge in [-0.05, 0) is 30.7 Å². The number of hydrogen-bond donors (Lipinski definition) is 2. The first-order valence-corrected chi connectivity index (χ1v) is 8.15. The molecule has 0 fully saturated rings. The Labute approximate surface area is 145 Å². The van der Waals surface area contributed by atoms with Gasteiger partial charge in [0.15, 0.2) is 0 Å². The molecule has 0 aliphatic rings. The number of halogens is 1. The summed E-state index contributed by atoms with van der Waals surface area (Å²) in [7, 11) is 0. The van der Waals surface area contributed by atoms with Gasteiger partial charge in [-0.15, -0.1) is 0 Å². The number of aromatic nitrogens is 2. The van der Waals surface area contributed by atoms with Gasteiger partial charge >= 0.3 is 0 Å². The largest absolute Gasteiger partial charge is 0.492 e. The fourth-order valence-corrected chi connectivity index (χ4v) is 2.86. The molecule has 0 saturated heterocycles. The average molecular weight is 343 g/mol. The number of nitrogens with two attached hydrogens (primary N) is 2. The van der Waals surface area contributed by atoms with E-state index in [0.29, 0.717) is 23.2 Å². The van der Waals surface area contributed by atoms with Crippen LogP contribution in [-0.2, 0) is 6.54 Å². The van der Waals surface area contributed by atoms with Gasteiger partial charge in [-0.25, -0.2) is 9.97 Å². The lowest BCUT2D eigenvalue weighted by Crippen LogP contribution is -2.17. The van der Waals surface area contributed by atoms with Gasteiger partial charge in [-0.1, -0.05) is 35.9 Å². The van der Waals surface area contributed by atoms with Crippen LogP contribution < -0.4 is 16.2 Å². The molecule has 24 heavy (non-hydrogen) atoms. The first kappa shape index (κ1) is 16.6. The Bertz CT molecular complexity index is 869. The lowest BCUT2D eigenvalue weighted by Gasteiger charge is -2.16. The highest BCUT2D eigenvalue weighted by Crippen LogP contribution is 2.31. The molecular formula is C18H19ClN4O. The van der Waals surface area contributed by atoms with Crippen LogP contribution in [0.3, 0.4) is 0 Å². The number of para-hydroxylation sites is 1. The summed E-state index contributed by atoms with van der Waals surface area (Å²) in [4.78, 5) is 9.00. The minimum Gasteiger partial charge on any atom is -0.492 e. The van der Waals surface area contributed by atoms with Crippen molar-refractivity contribution in [2.45, 2.75) is 19.5 Å². The summed E-state index contributed by atoms with van der Waals surface area (Å²) in [6.07, 6.45) is 0. The molecule has 0 bridgehead atoms. The van der Waals surface area contributed by atoms with Crippen molar-refractivity contribution in [2.24, 2.45) is 11.5 Å². The van der Waals surface area contributed by atoms with Gasteiger partial charge < -0.3 is 16.2 Å².